The Balaban J connectivity index is 1.89. The Labute approximate surface area is 110 Å². The first kappa shape index (κ1) is 13.5. The number of aromatic nitrogens is 2. The highest BCUT2D eigenvalue weighted by Gasteiger charge is 2.07. The van der Waals surface area contributed by atoms with Crippen LogP contribution in [-0.4, -0.2) is 28.7 Å². The van der Waals surface area contributed by atoms with Crippen LogP contribution in [0.5, 0.6) is 0 Å². The van der Waals surface area contributed by atoms with E-state index in [1.807, 2.05) is 11.9 Å². The molecule has 4 nitrogen and oxygen atoms in total. The third-order valence-corrected chi connectivity index (χ3v) is 2.86. The number of hydrogen-bond donors (Lipinski definition) is 2. The van der Waals surface area contributed by atoms with Gasteiger partial charge in [0, 0.05) is 19.2 Å². The van der Waals surface area contributed by atoms with Crippen molar-refractivity contribution in [1.82, 2.24) is 15.1 Å². The Hall–Kier alpha value is -1.95. The van der Waals surface area contributed by atoms with Gasteiger partial charge in [-0.15, -0.1) is 0 Å². The third kappa shape index (κ3) is 3.75. The minimum Gasteiger partial charge on any atom is -0.382 e. The van der Waals surface area contributed by atoms with Gasteiger partial charge >= 0.3 is 0 Å². The van der Waals surface area contributed by atoms with Gasteiger partial charge in [0.05, 0.1) is 5.69 Å². The number of rotatable bonds is 5. The number of nitrogens with zero attached hydrogens (tertiary/aromatic N) is 2. The monoisotopic (exact) mass is 266 g/mol. The zero-order valence-electron chi connectivity index (χ0n) is 10.7. The Kier molecular flexibility index (Phi) is 4.11. The van der Waals surface area contributed by atoms with E-state index in [4.69, 9.17) is 5.73 Å². The van der Waals surface area contributed by atoms with Crippen molar-refractivity contribution in [2.45, 2.75) is 13.0 Å². The van der Waals surface area contributed by atoms with Crippen molar-refractivity contribution in [1.29, 1.82) is 0 Å². The van der Waals surface area contributed by atoms with Crippen LogP contribution in [0, 0.1) is 11.6 Å². The van der Waals surface area contributed by atoms with Crippen molar-refractivity contribution in [2.75, 3.05) is 19.3 Å². The van der Waals surface area contributed by atoms with E-state index in [1.165, 1.54) is 6.07 Å². The molecule has 1 aromatic carbocycles. The Bertz CT molecular complexity index is 553. The van der Waals surface area contributed by atoms with Crippen LogP contribution < -0.4 is 5.73 Å². The number of H-pyrrole nitrogens is 1. The zero-order valence-corrected chi connectivity index (χ0v) is 10.7. The number of hydrogen-bond acceptors (Lipinski definition) is 3. The van der Waals surface area contributed by atoms with Gasteiger partial charge in [0.1, 0.15) is 17.5 Å². The smallest absolute Gasteiger partial charge is 0.145 e. The highest BCUT2D eigenvalue weighted by atomic mass is 19.1. The number of benzene rings is 1. The van der Waals surface area contributed by atoms with Crippen molar-refractivity contribution >= 4 is 5.82 Å². The molecule has 19 heavy (non-hydrogen) atoms. The number of halogens is 2. The van der Waals surface area contributed by atoms with E-state index < -0.39 is 5.82 Å². The largest absolute Gasteiger partial charge is 0.382 e. The van der Waals surface area contributed by atoms with Gasteiger partial charge in [0.2, 0.25) is 0 Å². The number of anilines is 1. The third-order valence-electron chi connectivity index (χ3n) is 2.86. The molecule has 0 radical (unpaired) electrons. The van der Waals surface area contributed by atoms with Crippen molar-refractivity contribution < 1.29 is 8.78 Å². The van der Waals surface area contributed by atoms with Gasteiger partial charge in [-0.1, -0.05) is 0 Å². The van der Waals surface area contributed by atoms with Crippen LogP contribution in [0.3, 0.4) is 0 Å². The van der Waals surface area contributed by atoms with Gasteiger partial charge < -0.3 is 10.6 Å². The molecule has 0 aliphatic carbocycles. The topological polar surface area (TPSA) is 57.9 Å². The molecular formula is C13H16F2N4. The fourth-order valence-corrected chi connectivity index (χ4v) is 1.88. The van der Waals surface area contributed by atoms with E-state index in [-0.39, 0.29) is 5.82 Å². The summed E-state index contributed by atoms with van der Waals surface area (Å²) < 4.78 is 26.4. The predicted octanol–water partition coefficient (Wildman–Crippen LogP) is 1.94. The lowest BCUT2D eigenvalue weighted by molar-refractivity contribution is 0.325. The number of nitrogen functional groups attached to an aromatic ring is 1. The first-order chi connectivity index (χ1) is 9.04. The second-order valence-corrected chi connectivity index (χ2v) is 4.54. The first-order valence-electron chi connectivity index (χ1n) is 5.97. The average Bonchev–Trinajstić information content (AvgIpc) is 2.76. The number of likely N-dealkylation sites (N-methyl/N-ethyl adjacent to an activating group) is 1. The molecule has 102 valence electrons. The maximum Gasteiger partial charge on any atom is 0.145 e. The van der Waals surface area contributed by atoms with Crippen molar-refractivity contribution in [2.24, 2.45) is 0 Å². The minimum absolute atomic E-state index is 0.374. The van der Waals surface area contributed by atoms with Gasteiger partial charge in [-0.25, -0.2) is 8.78 Å². The SMILES string of the molecule is CN(CCc1cc(F)ccc1F)Cc1cc(N)n[nH]1. The standard InChI is InChI=1S/C13H16F2N4/c1-19(8-11-7-13(16)18-17-11)5-4-9-6-10(14)2-3-12(9)15/h2-3,6-7H,4-5,8H2,1H3,(H3,16,17,18). The van der Waals surface area contributed by atoms with Gasteiger partial charge in [-0.05, 0) is 37.2 Å². The highest BCUT2D eigenvalue weighted by Crippen LogP contribution is 2.11. The van der Waals surface area contributed by atoms with E-state index >= 15 is 0 Å². The van der Waals surface area contributed by atoms with E-state index in [1.54, 1.807) is 6.07 Å². The fourth-order valence-electron chi connectivity index (χ4n) is 1.88. The van der Waals surface area contributed by atoms with Crippen LogP contribution in [0.2, 0.25) is 0 Å². The maximum absolute atomic E-state index is 13.4. The van der Waals surface area contributed by atoms with Crippen molar-refractivity contribution in [3.8, 4) is 0 Å². The molecule has 1 aromatic heterocycles. The summed E-state index contributed by atoms with van der Waals surface area (Å²) in [6.07, 6.45) is 0.448. The summed E-state index contributed by atoms with van der Waals surface area (Å²) in [6.45, 7) is 1.24. The summed E-state index contributed by atoms with van der Waals surface area (Å²) in [7, 11) is 1.90. The molecule has 3 N–H and O–H groups in total. The van der Waals surface area contributed by atoms with Gasteiger partial charge in [0.15, 0.2) is 0 Å². The molecule has 2 rings (SSSR count). The Morgan fingerprint density at radius 2 is 2.11 bits per heavy atom. The molecule has 0 aliphatic heterocycles. The van der Waals surface area contributed by atoms with Crippen molar-refractivity contribution in [3.05, 3.63) is 47.2 Å². The second kappa shape index (κ2) is 5.79. The van der Waals surface area contributed by atoms with E-state index in [0.29, 0.717) is 30.9 Å². The molecular weight excluding hydrogens is 250 g/mol. The molecule has 0 amide bonds. The summed E-state index contributed by atoms with van der Waals surface area (Å²) in [4.78, 5) is 1.98. The molecule has 6 heteroatoms. The van der Waals surface area contributed by atoms with E-state index in [0.717, 1.165) is 17.8 Å². The van der Waals surface area contributed by atoms with Crippen LogP contribution in [0.1, 0.15) is 11.3 Å². The van der Waals surface area contributed by atoms with Crippen LogP contribution in [0.4, 0.5) is 14.6 Å². The Morgan fingerprint density at radius 1 is 1.32 bits per heavy atom. The molecule has 0 spiro atoms. The molecule has 0 aliphatic rings. The lowest BCUT2D eigenvalue weighted by Crippen LogP contribution is -2.21. The number of nitrogens with one attached hydrogen (secondary N) is 1. The van der Waals surface area contributed by atoms with Gasteiger partial charge in [-0.2, -0.15) is 5.10 Å². The predicted molar refractivity (Wildman–Crippen MR) is 69.4 cm³/mol. The average molecular weight is 266 g/mol. The summed E-state index contributed by atoms with van der Waals surface area (Å²) in [5, 5.41) is 6.63. The van der Waals surface area contributed by atoms with Crippen LogP contribution in [-0.2, 0) is 13.0 Å². The summed E-state index contributed by atoms with van der Waals surface area (Å²) >= 11 is 0. The van der Waals surface area contributed by atoms with Gasteiger partial charge in [-0.3, -0.25) is 5.10 Å². The molecule has 0 fully saturated rings. The normalized spacial score (nSPS) is 11.2. The van der Waals surface area contributed by atoms with E-state index in [9.17, 15) is 8.78 Å². The summed E-state index contributed by atoms with van der Waals surface area (Å²) in [6, 6.07) is 5.26. The molecule has 2 aromatic rings. The number of nitrogens with two attached hydrogens (primary N) is 1. The molecule has 0 unspecified atom stereocenters. The molecule has 0 atom stereocenters. The zero-order chi connectivity index (χ0) is 13.8. The molecule has 1 heterocycles. The molecule has 0 bridgehead atoms. The summed E-state index contributed by atoms with van der Waals surface area (Å²) in [5.41, 5.74) is 6.78. The fraction of sp³-hybridized carbons (Fsp3) is 0.308. The Morgan fingerprint density at radius 3 is 2.79 bits per heavy atom. The first-order valence-corrected chi connectivity index (χ1v) is 5.97. The van der Waals surface area contributed by atoms with Gasteiger partial charge in [0.25, 0.3) is 0 Å². The van der Waals surface area contributed by atoms with E-state index in [2.05, 4.69) is 10.2 Å². The lowest BCUT2D eigenvalue weighted by Gasteiger charge is -2.15. The van der Waals surface area contributed by atoms with Crippen LogP contribution in [0.25, 0.3) is 0 Å². The maximum atomic E-state index is 13.4. The lowest BCUT2D eigenvalue weighted by atomic mass is 10.1. The van der Waals surface area contributed by atoms with Crippen molar-refractivity contribution in [3.63, 3.8) is 0 Å². The molecule has 0 saturated carbocycles. The van der Waals surface area contributed by atoms with Crippen LogP contribution in [0.15, 0.2) is 24.3 Å². The highest BCUT2D eigenvalue weighted by molar-refractivity contribution is 5.28. The van der Waals surface area contributed by atoms with Crippen LogP contribution >= 0.6 is 0 Å². The number of aromatic amines is 1. The molecule has 0 saturated heterocycles. The minimum atomic E-state index is -0.416. The second-order valence-electron chi connectivity index (χ2n) is 4.54. The summed E-state index contributed by atoms with van der Waals surface area (Å²) in [5.74, 6) is -0.347. The quantitative estimate of drug-likeness (QED) is 0.869.